The van der Waals surface area contributed by atoms with Gasteiger partial charge in [0, 0.05) is 13.0 Å². The van der Waals surface area contributed by atoms with Crippen molar-refractivity contribution in [2.24, 2.45) is 0 Å². The number of ether oxygens (including phenoxy) is 2. The predicted octanol–water partition coefficient (Wildman–Crippen LogP) is 1.13. The van der Waals surface area contributed by atoms with Crippen molar-refractivity contribution >= 4 is 18.0 Å². The number of amides is 2. The third-order valence-electron chi connectivity index (χ3n) is 3.75. The molecule has 0 unspecified atom stereocenters. The number of carbonyl (C=O) groups excluding carboxylic acids is 3. The highest BCUT2D eigenvalue weighted by Gasteiger charge is 2.22. The van der Waals surface area contributed by atoms with E-state index in [-0.39, 0.29) is 19.6 Å². The summed E-state index contributed by atoms with van der Waals surface area (Å²) in [5, 5.41) is 14.8. The molecule has 0 spiro atoms. The maximum absolute atomic E-state index is 12.0. The first-order valence-electron chi connectivity index (χ1n) is 8.89. The summed E-state index contributed by atoms with van der Waals surface area (Å²) in [5.74, 6) is 1.34. The summed E-state index contributed by atoms with van der Waals surface area (Å²) in [5.41, 5.74) is 0.830. The van der Waals surface area contributed by atoms with Gasteiger partial charge in [-0.2, -0.15) is 0 Å². The van der Waals surface area contributed by atoms with Gasteiger partial charge in [-0.25, -0.2) is 9.59 Å². The largest absolute Gasteiger partial charge is 0.467 e. The molecule has 1 aromatic rings. The fraction of sp³-hybridized carbons (Fsp3) is 0.450. The van der Waals surface area contributed by atoms with Crippen LogP contribution in [0.5, 0.6) is 0 Å². The van der Waals surface area contributed by atoms with Crippen molar-refractivity contribution in [2.75, 3.05) is 13.7 Å². The zero-order valence-electron chi connectivity index (χ0n) is 15.8. The number of aliphatic hydroxyl groups excluding tert-OH is 1. The first-order valence-corrected chi connectivity index (χ1v) is 8.89. The molecule has 1 rings (SSSR count). The first-order chi connectivity index (χ1) is 13.5. The monoisotopic (exact) mass is 390 g/mol. The number of hydrogen-bond acceptors (Lipinski definition) is 6. The summed E-state index contributed by atoms with van der Waals surface area (Å²) in [6.07, 6.45) is 4.41. The van der Waals surface area contributed by atoms with Gasteiger partial charge in [0.1, 0.15) is 12.6 Å². The highest BCUT2D eigenvalue weighted by atomic mass is 16.5. The number of terminal acetylenes is 1. The Bertz CT molecular complexity index is 671. The smallest absolute Gasteiger partial charge is 0.407 e. The number of alkyl carbamates (subject to hydrolysis) is 1. The van der Waals surface area contributed by atoms with Crippen LogP contribution in [0.3, 0.4) is 0 Å². The molecule has 3 N–H and O–H groups in total. The Labute approximate surface area is 164 Å². The second-order valence-corrected chi connectivity index (χ2v) is 6.04. The first kappa shape index (κ1) is 23.0. The van der Waals surface area contributed by atoms with E-state index in [9.17, 15) is 19.5 Å². The Hall–Kier alpha value is -3.05. The van der Waals surface area contributed by atoms with E-state index in [1.807, 2.05) is 30.3 Å². The number of esters is 1. The van der Waals surface area contributed by atoms with Crippen LogP contribution in [0.2, 0.25) is 0 Å². The van der Waals surface area contributed by atoms with Crippen molar-refractivity contribution < 1.29 is 29.0 Å². The predicted molar refractivity (Wildman–Crippen MR) is 102 cm³/mol. The number of aliphatic hydroxyl groups is 1. The molecule has 28 heavy (non-hydrogen) atoms. The van der Waals surface area contributed by atoms with E-state index >= 15 is 0 Å². The molecular weight excluding hydrogens is 364 g/mol. The summed E-state index contributed by atoms with van der Waals surface area (Å²) < 4.78 is 9.66. The van der Waals surface area contributed by atoms with E-state index < -0.39 is 30.1 Å². The number of benzene rings is 1. The van der Waals surface area contributed by atoms with Crippen LogP contribution >= 0.6 is 0 Å². The second-order valence-electron chi connectivity index (χ2n) is 6.04. The minimum Gasteiger partial charge on any atom is -0.467 e. The Balaban J connectivity index is 2.32. The van der Waals surface area contributed by atoms with Gasteiger partial charge in [0.15, 0.2) is 0 Å². The van der Waals surface area contributed by atoms with Crippen molar-refractivity contribution in [1.29, 1.82) is 0 Å². The molecule has 2 amide bonds. The molecule has 0 bridgehead atoms. The van der Waals surface area contributed by atoms with Gasteiger partial charge in [0.25, 0.3) is 0 Å². The van der Waals surface area contributed by atoms with Gasteiger partial charge < -0.3 is 25.2 Å². The normalized spacial score (nSPS) is 12.2. The van der Waals surface area contributed by atoms with E-state index in [1.54, 1.807) is 0 Å². The molecule has 0 aliphatic rings. The third kappa shape index (κ3) is 9.59. The summed E-state index contributed by atoms with van der Waals surface area (Å²) in [7, 11) is 1.22. The van der Waals surface area contributed by atoms with Crippen LogP contribution in [0.1, 0.15) is 31.2 Å². The fourth-order valence-electron chi connectivity index (χ4n) is 2.31. The minimum absolute atomic E-state index is 0.0989. The number of nitrogens with one attached hydrogen (secondary N) is 2. The van der Waals surface area contributed by atoms with Gasteiger partial charge in [-0.1, -0.05) is 30.3 Å². The number of hydrogen-bond donors (Lipinski definition) is 3. The molecule has 0 radical (unpaired) electrons. The number of rotatable bonds is 11. The van der Waals surface area contributed by atoms with Crippen molar-refractivity contribution in [3.05, 3.63) is 35.9 Å². The molecule has 8 heteroatoms. The molecule has 0 saturated carbocycles. The average molecular weight is 390 g/mol. The lowest BCUT2D eigenvalue weighted by molar-refractivity contribution is -0.145. The van der Waals surface area contributed by atoms with Crippen molar-refractivity contribution in [3.8, 4) is 12.3 Å². The van der Waals surface area contributed by atoms with Crippen LogP contribution in [-0.2, 0) is 25.7 Å². The third-order valence-corrected chi connectivity index (χ3v) is 3.75. The van der Waals surface area contributed by atoms with Crippen LogP contribution in [0.15, 0.2) is 30.3 Å². The van der Waals surface area contributed by atoms with E-state index in [0.29, 0.717) is 19.3 Å². The van der Waals surface area contributed by atoms with Crippen LogP contribution in [0.4, 0.5) is 4.79 Å². The van der Waals surface area contributed by atoms with Crippen LogP contribution in [-0.4, -0.2) is 48.9 Å². The SMILES string of the molecule is C#CCCC[C@@H](NC(=O)C[C@@H](O)CNC(=O)OCc1ccccc1)C(=O)OC. The molecule has 0 aliphatic carbocycles. The highest BCUT2D eigenvalue weighted by molar-refractivity contribution is 5.84. The minimum atomic E-state index is -1.13. The quantitative estimate of drug-likeness (QED) is 0.296. The van der Waals surface area contributed by atoms with Crippen LogP contribution in [0, 0.1) is 12.3 Å². The second kappa shape index (κ2) is 13.2. The summed E-state index contributed by atoms with van der Waals surface area (Å²) >= 11 is 0. The van der Waals surface area contributed by atoms with Gasteiger partial charge in [-0.05, 0) is 18.4 Å². The lowest BCUT2D eigenvalue weighted by atomic mass is 10.1. The fourth-order valence-corrected chi connectivity index (χ4v) is 2.31. The molecule has 0 aliphatic heterocycles. The van der Waals surface area contributed by atoms with Crippen molar-refractivity contribution in [2.45, 2.75) is 44.4 Å². The Kier molecular flexibility index (Phi) is 10.8. The van der Waals surface area contributed by atoms with Crippen molar-refractivity contribution in [3.63, 3.8) is 0 Å². The maximum Gasteiger partial charge on any atom is 0.407 e. The zero-order chi connectivity index (χ0) is 20.8. The maximum atomic E-state index is 12.0. The lowest BCUT2D eigenvalue weighted by Gasteiger charge is -2.17. The van der Waals surface area contributed by atoms with Gasteiger partial charge in [0.2, 0.25) is 5.91 Å². The summed E-state index contributed by atoms with van der Waals surface area (Å²) in [4.78, 5) is 35.4. The summed E-state index contributed by atoms with van der Waals surface area (Å²) in [6, 6.07) is 8.30. The highest BCUT2D eigenvalue weighted by Crippen LogP contribution is 2.04. The van der Waals surface area contributed by atoms with Gasteiger partial charge >= 0.3 is 12.1 Å². The molecule has 1 aromatic carbocycles. The topological polar surface area (TPSA) is 114 Å². The van der Waals surface area contributed by atoms with E-state index in [0.717, 1.165) is 5.56 Å². The van der Waals surface area contributed by atoms with E-state index in [4.69, 9.17) is 11.2 Å². The van der Waals surface area contributed by atoms with Gasteiger partial charge in [-0.15, -0.1) is 12.3 Å². The number of unbranched alkanes of at least 4 members (excludes halogenated alkanes) is 1. The van der Waals surface area contributed by atoms with Crippen molar-refractivity contribution in [1.82, 2.24) is 10.6 Å². The Morgan fingerprint density at radius 1 is 1.25 bits per heavy atom. The van der Waals surface area contributed by atoms with Gasteiger partial charge in [0.05, 0.1) is 19.6 Å². The molecule has 152 valence electrons. The van der Waals surface area contributed by atoms with Crippen LogP contribution < -0.4 is 10.6 Å². The zero-order valence-corrected chi connectivity index (χ0v) is 15.8. The Morgan fingerprint density at radius 3 is 2.61 bits per heavy atom. The number of carbonyl (C=O) groups is 3. The van der Waals surface area contributed by atoms with E-state index in [1.165, 1.54) is 7.11 Å². The molecule has 8 nitrogen and oxygen atoms in total. The number of methoxy groups -OCH3 is 1. The molecule has 0 saturated heterocycles. The standard InChI is InChI=1S/C20H26N2O6/c1-3-4-6-11-17(19(25)27-2)22-18(24)12-16(23)13-21-20(26)28-14-15-9-7-5-8-10-15/h1,5,7-10,16-17,23H,4,6,11-14H2,2H3,(H,21,26)(H,22,24)/t16-,17-/m1/s1. The molecule has 0 fully saturated rings. The molecule has 0 heterocycles. The van der Waals surface area contributed by atoms with E-state index in [2.05, 4.69) is 21.3 Å². The van der Waals surface area contributed by atoms with Crippen LogP contribution in [0.25, 0.3) is 0 Å². The Morgan fingerprint density at radius 2 is 1.96 bits per heavy atom. The average Bonchev–Trinajstić information content (AvgIpc) is 2.70. The van der Waals surface area contributed by atoms with Gasteiger partial charge in [-0.3, -0.25) is 4.79 Å². The molecule has 0 aromatic heterocycles. The molecule has 2 atom stereocenters. The summed E-state index contributed by atoms with van der Waals surface area (Å²) in [6.45, 7) is -0.0667. The lowest BCUT2D eigenvalue weighted by Crippen LogP contribution is -2.43. The molecular formula is C20H26N2O6.